The number of carbonyl (C=O) groups is 1. The summed E-state index contributed by atoms with van der Waals surface area (Å²) in [5, 5.41) is 3.05. The van der Waals surface area contributed by atoms with Gasteiger partial charge in [-0.1, -0.05) is 29.3 Å². The van der Waals surface area contributed by atoms with Gasteiger partial charge in [-0.05, 0) is 52.7 Å². The summed E-state index contributed by atoms with van der Waals surface area (Å²) in [6.07, 6.45) is 1.59. The summed E-state index contributed by atoms with van der Waals surface area (Å²) in [6.45, 7) is 1.72. The predicted octanol–water partition coefficient (Wildman–Crippen LogP) is 6.66. The van der Waals surface area contributed by atoms with Crippen LogP contribution in [0.25, 0.3) is 22.7 Å². The van der Waals surface area contributed by atoms with Crippen LogP contribution in [0, 0.1) is 12.7 Å². The molecule has 0 aliphatic carbocycles. The van der Waals surface area contributed by atoms with E-state index in [1.165, 1.54) is 18.2 Å². The smallest absolute Gasteiger partial charge is 0.257 e. The lowest BCUT2D eigenvalue weighted by atomic mass is 10.1. The Hall–Kier alpha value is -2.48. The molecule has 0 spiro atoms. The van der Waals surface area contributed by atoms with E-state index in [2.05, 4.69) is 31.2 Å². The highest BCUT2D eigenvalue weighted by Gasteiger charge is 2.19. The molecule has 0 fully saturated rings. The zero-order chi connectivity index (χ0) is 20.7. The molecule has 5 nitrogen and oxygen atoms in total. The molecule has 0 unspecified atom stereocenters. The van der Waals surface area contributed by atoms with Gasteiger partial charge in [0.1, 0.15) is 5.82 Å². The molecule has 0 aliphatic heterocycles. The van der Waals surface area contributed by atoms with Crippen LogP contribution in [0.15, 0.2) is 51.5 Å². The van der Waals surface area contributed by atoms with Crippen LogP contribution in [-0.4, -0.2) is 15.9 Å². The topological polar surface area (TPSA) is 68.0 Å². The average molecular weight is 495 g/mol. The molecule has 2 aromatic heterocycles. The van der Waals surface area contributed by atoms with E-state index in [1.54, 1.807) is 31.3 Å². The van der Waals surface area contributed by atoms with Crippen molar-refractivity contribution in [1.29, 1.82) is 0 Å². The van der Waals surface area contributed by atoms with Crippen LogP contribution in [0.4, 0.5) is 10.1 Å². The Morgan fingerprint density at radius 2 is 2.03 bits per heavy atom. The van der Waals surface area contributed by atoms with Gasteiger partial charge in [-0.3, -0.25) is 4.79 Å². The number of amides is 1. The van der Waals surface area contributed by atoms with E-state index in [4.69, 9.17) is 27.6 Å². The van der Waals surface area contributed by atoms with Crippen LogP contribution in [-0.2, 0) is 0 Å². The number of oxazole rings is 1. The third-order valence-electron chi connectivity index (χ3n) is 4.26. The first-order valence-electron chi connectivity index (χ1n) is 8.31. The van der Waals surface area contributed by atoms with Gasteiger partial charge in [-0.15, -0.1) is 0 Å². The number of rotatable bonds is 3. The quantitative estimate of drug-likeness (QED) is 0.345. The Labute approximate surface area is 183 Å². The molecule has 0 aliphatic rings. The number of nitrogens with one attached hydrogen (secondary N) is 1. The van der Waals surface area contributed by atoms with Crippen molar-refractivity contribution in [3.05, 3.63) is 74.1 Å². The number of anilines is 1. The highest BCUT2D eigenvalue weighted by atomic mass is 79.9. The Morgan fingerprint density at radius 3 is 2.83 bits per heavy atom. The Bertz CT molecular complexity index is 1280. The van der Waals surface area contributed by atoms with Crippen molar-refractivity contribution in [2.75, 3.05) is 5.32 Å². The van der Waals surface area contributed by atoms with Crippen LogP contribution in [0.5, 0.6) is 0 Å². The molecule has 0 saturated heterocycles. The molecule has 2 heterocycles. The zero-order valence-electron chi connectivity index (χ0n) is 14.8. The van der Waals surface area contributed by atoms with Crippen molar-refractivity contribution in [3.63, 3.8) is 0 Å². The summed E-state index contributed by atoms with van der Waals surface area (Å²) < 4.78 is 20.8. The fraction of sp³-hybridized carbons (Fsp3) is 0.0500. The van der Waals surface area contributed by atoms with Crippen LogP contribution < -0.4 is 5.32 Å². The average Bonchev–Trinajstić information content (AvgIpc) is 3.09. The van der Waals surface area contributed by atoms with Crippen molar-refractivity contribution in [3.8, 4) is 11.5 Å². The molecule has 1 amide bonds. The lowest BCUT2D eigenvalue weighted by molar-refractivity contribution is 0.102. The molecule has 0 bridgehead atoms. The maximum atomic E-state index is 14.3. The standard InChI is InChI=1S/C20H11BrCl2FN3O2/c1-9-13(20-27-18-16(29-20)5-10(21)8-25-18)6-11(24)7-15(9)26-19(28)12-3-2-4-14(22)17(12)23/h2-8H,1H3,(H,26,28). The lowest BCUT2D eigenvalue weighted by Crippen LogP contribution is -2.14. The number of hydrogen-bond donors (Lipinski definition) is 1. The Kier molecular flexibility index (Phi) is 5.29. The number of aromatic nitrogens is 2. The largest absolute Gasteiger partial charge is 0.434 e. The minimum atomic E-state index is -0.561. The fourth-order valence-corrected chi connectivity index (χ4v) is 3.51. The molecule has 0 saturated carbocycles. The normalized spacial score (nSPS) is 11.1. The summed E-state index contributed by atoms with van der Waals surface area (Å²) in [4.78, 5) is 21.1. The van der Waals surface area contributed by atoms with Crippen molar-refractivity contribution in [1.82, 2.24) is 9.97 Å². The second-order valence-electron chi connectivity index (χ2n) is 6.18. The van der Waals surface area contributed by atoms with E-state index in [0.717, 1.165) is 4.47 Å². The van der Waals surface area contributed by atoms with E-state index < -0.39 is 11.7 Å². The maximum absolute atomic E-state index is 14.3. The van der Waals surface area contributed by atoms with Gasteiger partial charge in [-0.25, -0.2) is 9.37 Å². The summed E-state index contributed by atoms with van der Waals surface area (Å²) >= 11 is 15.4. The molecule has 4 aromatic rings. The lowest BCUT2D eigenvalue weighted by Gasteiger charge is -2.12. The predicted molar refractivity (Wildman–Crippen MR) is 114 cm³/mol. The van der Waals surface area contributed by atoms with Gasteiger partial charge >= 0.3 is 0 Å². The zero-order valence-corrected chi connectivity index (χ0v) is 17.9. The number of carbonyl (C=O) groups excluding carboxylic acids is 1. The highest BCUT2D eigenvalue weighted by molar-refractivity contribution is 9.10. The van der Waals surface area contributed by atoms with E-state index >= 15 is 0 Å². The fourth-order valence-electron chi connectivity index (χ4n) is 2.81. The first-order chi connectivity index (χ1) is 13.8. The molecule has 29 heavy (non-hydrogen) atoms. The van der Waals surface area contributed by atoms with Crippen molar-refractivity contribution >= 4 is 62.0 Å². The minimum absolute atomic E-state index is 0.122. The molecule has 1 N–H and O–H groups in total. The molecule has 146 valence electrons. The number of halogens is 4. The van der Waals surface area contributed by atoms with E-state index in [1.807, 2.05) is 0 Å². The second kappa shape index (κ2) is 7.74. The van der Waals surface area contributed by atoms with Crippen molar-refractivity contribution in [2.45, 2.75) is 6.92 Å². The molecular formula is C20H11BrCl2FN3O2. The van der Waals surface area contributed by atoms with Crippen molar-refractivity contribution < 1.29 is 13.6 Å². The van der Waals surface area contributed by atoms with E-state index in [0.29, 0.717) is 22.4 Å². The number of fused-ring (bicyclic) bond motifs is 1. The molecular weight excluding hydrogens is 484 g/mol. The molecule has 4 rings (SSSR count). The summed E-state index contributed by atoms with van der Waals surface area (Å²) in [5.41, 5.74) is 2.25. The van der Waals surface area contributed by atoms with Crippen LogP contribution in [0.2, 0.25) is 10.0 Å². The van der Waals surface area contributed by atoms with E-state index in [-0.39, 0.29) is 27.2 Å². The monoisotopic (exact) mass is 493 g/mol. The number of benzene rings is 2. The SMILES string of the molecule is Cc1c(NC(=O)c2cccc(Cl)c2Cl)cc(F)cc1-c1nc2ncc(Br)cc2o1. The minimum Gasteiger partial charge on any atom is -0.434 e. The van der Waals surface area contributed by atoms with Crippen molar-refractivity contribution in [2.24, 2.45) is 0 Å². The van der Waals surface area contributed by atoms with Gasteiger partial charge in [0.25, 0.3) is 5.91 Å². The molecule has 0 radical (unpaired) electrons. The first-order valence-corrected chi connectivity index (χ1v) is 9.86. The van der Waals surface area contributed by atoms with Gasteiger partial charge in [-0.2, -0.15) is 4.98 Å². The maximum Gasteiger partial charge on any atom is 0.257 e. The van der Waals surface area contributed by atoms with Gasteiger partial charge in [0.2, 0.25) is 5.89 Å². The van der Waals surface area contributed by atoms with E-state index in [9.17, 15) is 9.18 Å². The molecule has 0 atom stereocenters. The summed E-state index contributed by atoms with van der Waals surface area (Å²) in [5.74, 6) is -0.881. The second-order valence-corrected chi connectivity index (χ2v) is 7.88. The summed E-state index contributed by atoms with van der Waals surface area (Å²) in [7, 11) is 0. The third-order valence-corrected chi connectivity index (χ3v) is 5.51. The first kappa shape index (κ1) is 19.8. The molecule has 2 aromatic carbocycles. The van der Waals surface area contributed by atoms with Gasteiger partial charge in [0, 0.05) is 28.0 Å². The molecule has 9 heteroatoms. The Morgan fingerprint density at radius 1 is 1.24 bits per heavy atom. The van der Waals surface area contributed by atoms with Gasteiger partial charge in [0.15, 0.2) is 11.2 Å². The number of nitrogens with zero attached hydrogens (tertiary/aromatic N) is 2. The van der Waals surface area contributed by atoms with Crippen LogP contribution in [0.1, 0.15) is 15.9 Å². The number of hydrogen-bond acceptors (Lipinski definition) is 4. The highest BCUT2D eigenvalue weighted by Crippen LogP contribution is 2.33. The van der Waals surface area contributed by atoms with Crippen LogP contribution in [0.3, 0.4) is 0 Å². The summed E-state index contributed by atoms with van der Waals surface area (Å²) in [6, 6.07) is 8.94. The van der Waals surface area contributed by atoms with Gasteiger partial charge < -0.3 is 9.73 Å². The van der Waals surface area contributed by atoms with Crippen LogP contribution >= 0.6 is 39.1 Å². The number of pyridine rings is 1. The third kappa shape index (κ3) is 3.85. The Balaban J connectivity index is 1.75. The van der Waals surface area contributed by atoms with Gasteiger partial charge in [0.05, 0.1) is 15.6 Å².